The van der Waals surface area contributed by atoms with Gasteiger partial charge in [0, 0.05) is 48.7 Å². The van der Waals surface area contributed by atoms with Gasteiger partial charge in [0.25, 0.3) is 0 Å². The van der Waals surface area contributed by atoms with Crippen LogP contribution in [0.15, 0.2) is 47.2 Å². The van der Waals surface area contributed by atoms with E-state index < -0.39 is 0 Å². The first-order valence-corrected chi connectivity index (χ1v) is 8.75. The van der Waals surface area contributed by atoms with E-state index in [-0.39, 0.29) is 11.9 Å². The highest BCUT2D eigenvalue weighted by Crippen LogP contribution is 2.16. The molecular formula is C17H20BrN5O. The first-order chi connectivity index (χ1) is 11.6. The first kappa shape index (κ1) is 16.7. The lowest BCUT2D eigenvalue weighted by atomic mass is 10.2. The Labute approximate surface area is 150 Å². The van der Waals surface area contributed by atoms with Crippen molar-refractivity contribution in [2.45, 2.75) is 13.0 Å². The molecule has 2 heterocycles. The average molecular weight is 390 g/mol. The molecule has 1 unspecified atom stereocenters. The molecule has 1 saturated heterocycles. The number of nitrogens with one attached hydrogen (secondary N) is 1. The van der Waals surface area contributed by atoms with Gasteiger partial charge in [-0.25, -0.2) is 9.97 Å². The highest BCUT2D eigenvalue weighted by Gasteiger charge is 2.25. The van der Waals surface area contributed by atoms with Crippen LogP contribution in [-0.2, 0) is 4.79 Å². The van der Waals surface area contributed by atoms with Gasteiger partial charge in [0.1, 0.15) is 6.04 Å². The van der Waals surface area contributed by atoms with Crippen molar-refractivity contribution in [3.8, 4) is 0 Å². The topological polar surface area (TPSA) is 61.4 Å². The number of amides is 1. The zero-order chi connectivity index (χ0) is 16.9. The molecule has 126 valence electrons. The van der Waals surface area contributed by atoms with Crippen LogP contribution in [0.5, 0.6) is 0 Å². The molecule has 7 heteroatoms. The summed E-state index contributed by atoms with van der Waals surface area (Å²) in [6.45, 7) is 4.77. The highest BCUT2D eigenvalue weighted by atomic mass is 79.9. The predicted octanol–water partition coefficient (Wildman–Crippen LogP) is 2.39. The molecule has 0 spiro atoms. The van der Waals surface area contributed by atoms with Crippen molar-refractivity contribution in [2.75, 3.05) is 36.4 Å². The van der Waals surface area contributed by atoms with E-state index in [2.05, 4.69) is 36.1 Å². The summed E-state index contributed by atoms with van der Waals surface area (Å²) in [5.41, 5.74) is 0.940. The molecule has 0 aliphatic carbocycles. The van der Waals surface area contributed by atoms with Crippen LogP contribution in [0.1, 0.15) is 6.92 Å². The Balaban J connectivity index is 1.53. The maximum absolute atomic E-state index is 12.6. The standard InChI is InChI=1S/C17H20BrN5O/c1-13(21-15-5-3-14(18)4-6-15)16(24)22-9-11-23(12-10-22)17-19-7-2-8-20-17/h2-8,13,21H,9-12H2,1H3. The van der Waals surface area contributed by atoms with Crippen LogP contribution in [0.25, 0.3) is 0 Å². The van der Waals surface area contributed by atoms with Gasteiger partial charge < -0.3 is 15.1 Å². The second-order valence-electron chi connectivity index (χ2n) is 5.73. The number of aromatic nitrogens is 2. The minimum atomic E-state index is -0.259. The molecular weight excluding hydrogens is 370 g/mol. The van der Waals surface area contributed by atoms with Crippen molar-refractivity contribution in [1.29, 1.82) is 0 Å². The minimum Gasteiger partial charge on any atom is -0.374 e. The molecule has 1 atom stereocenters. The second kappa shape index (κ2) is 7.61. The lowest BCUT2D eigenvalue weighted by molar-refractivity contribution is -0.131. The van der Waals surface area contributed by atoms with Gasteiger partial charge in [-0.2, -0.15) is 0 Å². The Morgan fingerprint density at radius 1 is 1.12 bits per heavy atom. The number of halogens is 1. The molecule has 0 bridgehead atoms. The van der Waals surface area contributed by atoms with Crippen LogP contribution in [0.4, 0.5) is 11.6 Å². The number of anilines is 2. The molecule has 0 radical (unpaired) electrons. The van der Waals surface area contributed by atoms with Gasteiger partial charge in [-0.3, -0.25) is 4.79 Å². The van der Waals surface area contributed by atoms with Crippen LogP contribution in [0.2, 0.25) is 0 Å². The molecule has 2 aromatic rings. The highest BCUT2D eigenvalue weighted by molar-refractivity contribution is 9.10. The molecule has 0 saturated carbocycles. The number of hydrogen-bond acceptors (Lipinski definition) is 5. The van der Waals surface area contributed by atoms with Crippen LogP contribution >= 0.6 is 15.9 Å². The number of carbonyl (C=O) groups is 1. The fourth-order valence-corrected chi connectivity index (χ4v) is 2.98. The fraction of sp³-hybridized carbons (Fsp3) is 0.353. The van der Waals surface area contributed by atoms with E-state index in [4.69, 9.17) is 0 Å². The molecule has 1 N–H and O–H groups in total. The van der Waals surface area contributed by atoms with E-state index in [1.807, 2.05) is 36.1 Å². The number of rotatable bonds is 4. The zero-order valence-electron chi connectivity index (χ0n) is 13.5. The van der Waals surface area contributed by atoms with Gasteiger partial charge in [0.2, 0.25) is 11.9 Å². The molecule has 1 aromatic carbocycles. The number of carbonyl (C=O) groups excluding carboxylic acids is 1. The quantitative estimate of drug-likeness (QED) is 0.869. The minimum absolute atomic E-state index is 0.117. The van der Waals surface area contributed by atoms with Gasteiger partial charge >= 0.3 is 0 Å². The lowest BCUT2D eigenvalue weighted by Gasteiger charge is -2.36. The maximum atomic E-state index is 12.6. The van der Waals surface area contributed by atoms with Crippen LogP contribution in [-0.4, -0.2) is 53.0 Å². The lowest BCUT2D eigenvalue weighted by Crippen LogP contribution is -2.52. The second-order valence-corrected chi connectivity index (χ2v) is 6.65. The molecule has 1 aromatic heterocycles. The number of piperazine rings is 1. The van der Waals surface area contributed by atoms with Crippen molar-refractivity contribution in [3.63, 3.8) is 0 Å². The molecule has 1 aliphatic heterocycles. The Hall–Kier alpha value is -2.15. The normalized spacial score (nSPS) is 15.9. The molecule has 24 heavy (non-hydrogen) atoms. The van der Waals surface area contributed by atoms with E-state index in [1.165, 1.54) is 0 Å². The van der Waals surface area contributed by atoms with Crippen LogP contribution < -0.4 is 10.2 Å². The van der Waals surface area contributed by atoms with Crippen LogP contribution in [0.3, 0.4) is 0 Å². The molecule has 6 nitrogen and oxygen atoms in total. The fourth-order valence-electron chi connectivity index (χ4n) is 2.71. The third-order valence-electron chi connectivity index (χ3n) is 4.02. The Bertz CT molecular complexity index is 671. The molecule has 3 rings (SSSR count). The zero-order valence-corrected chi connectivity index (χ0v) is 15.1. The summed E-state index contributed by atoms with van der Waals surface area (Å²) in [5.74, 6) is 0.845. The average Bonchev–Trinajstić information content (AvgIpc) is 2.64. The maximum Gasteiger partial charge on any atom is 0.244 e. The molecule has 1 amide bonds. The van der Waals surface area contributed by atoms with E-state index in [1.54, 1.807) is 18.5 Å². The van der Waals surface area contributed by atoms with Crippen molar-refractivity contribution in [3.05, 3.63) is 47.2 Å². The third kappa shape index (κ3) is 4.03. The Morgan fingerprint density at radius 2 is 1.75 bits per heavy atom. The van der Waals surface area contributed by atoms with Gasteiger partial charge in [-0.05, 0) is 37.3 Å². The summed E-state index contributed by atoms with van der Waals surface area (Å²) in [4.78, 5) is 25.2. The third-order valence-corrected chi connectivity index (χ3v) is 4.55. The summed E-state index contributed by atoms with van der Waals surface area (Å²) in [5, 5.41) is 3.26. The van der Waals surface area contributed by atoms with E-state index in [0.29, 0.717) is 13.1 Å². The smallest absolute Gasteiger partial charge is 0.244 e. The summed E-state index contributed by atoms with van der Waals surface area (Å²) in [7, 11) is 0. The Kier molecular flexibility index (Phi) is 5.30. The van der Waals surface area contributed by atoms with E-state index in [0.717, 1.165) is 29.2 Å². The summed E-state index contributed by atoms with van der Waals surface area (Å²) < 4.78 is 1.02. The number of benzene rings is 1. The largest absolute Gasteiger partial charge is 0.374 e. The summed E-state index contributed by atoms with van der Waals surface area (Å²) in [6.07, 6.45) is 3.48. The van der Waals surface area contributed by atoms with Crippen molar-refractivity contribution in [2.24, 2.45) is 0 Å². The Morgan fingerprint density at radius 3 is 2.38 bits per heavy atom. The predicted molar refractivity (Wildman–Crippen MR) is 98.1 cm³/mol. The molecule has 1 aliphatic rings. The molecule has 1 fully saturated rings. The van der Waals surface area contributed by atoms with Gasteiger partial charge in [-0.1, -0.05) is 15.9 Å². The van der Waals surface area contributed by atoms with Gasteiger partial charge in [0.05, 0.1) is 0 Å². The van der Waals surface area contributed by atoms with Crippen molar-refractivity contribution < 1.29 is 4.79 Å². The van der Waals surface area contributed by atoms with Crippen molar-refractivity contribution >= 4 is 33.5 Å². The van der Waals surface area contributed by atoms with E-state index in [9.17, 15) is 4.79 Å². The van der Waals surface area contributed by atoms with Gasteiger partial charge in [-0.15, -0.1) is 0 Å². The number of nitrogens with zero attached hydrogens (tertiary/aromatic N) is 4. The SMILES string of the molecule is CC(Nc1ccc(Br)cc1)C(=O)N1CCN(c2ncccn2)CC1. The van der Waals surface area contributed by atoms with Crippen molar-refractivity contribution in [1.82, 2.24) is 14.9 Å². The summed E-state index contributed by atoms with van der Waals surface area (Å²) in [6, 6.07) is 9.37. The van der Waals surface area contributed by atoms with E-state index >= 15 is 0 Å². The first-order valence-electron chi connectivity index (χ1n) is 7.96. The monoisotopic (exact) mass is 389 g/mol. The number of hydrogen-bond donors (Lipinski definition) is 1. The van der Waals surface area contributed by atoms with Gasteiger partial charge in [0.15, 0.2) is 0 Å². The van der Waals surface area contributed by atoms with Crippen LogP contribution in [0, 0.1) is 0 Å². The summed E-state index contributed by atoms with van der Waals surface area (Å²) >= 11 is 3.41.